The molecule has 0 aromatic heterocycles. The van der Waals surface area contributed by atoms with Crippen LogP contribution in [0.4, 0.5) is 17.1 Å². The molecule has 3 aromatic rings. The van der Waals surface area contributed by atoms with Crippen molar-refractivity contribution in [3.8, 4) is 11.5 Å². The first kappa shape index (κ1) is 18.3. The minimum atomic E-state index is -0.208. The molecule has 5 heteroatoms. The van der Waals surface area contributed by atoms with Crippen LogP contribution in [0.1, 0.15) is 10.4 Å². The van der Waals surface area contributed by atoms with Crippen LogP contribution in [-0.2, 0) is 0 Å². The van der Waals surface area contributed by atoms with Crippen molar-refractivity contribution in [2.24, 2.45) is 0 Å². The van der Waals surface area contributed by atoms with E-state index in [1.807, 2.05) is 61.6 Å². The molecule has 5 nitrogen and oxygen atoms in total. The van der Waals surface area contributed by atoms with E-state index in [0.717, 1.165) is 17.1 Å². The van der Waals surface area contributed by atoms with Crippen molar-refractivity contribution in [1.82, 2.24) is 0 Å². The maximum Gasteiger partial charge on any atom is 0.255 e. The van der Waals surface area contributed by atoms with Crippen molar-refractivity contribution in [2.75, 3.05) is 31.5 Å². The Kier molecular flexibility index (Phi) is 5.61. The second kappa shape index (κ2) is 8.27. The first-order chi connectivity index (χ1) is 13.1. The van der Waals surface area contributed by atoms with Crippen LogP contribution in [0.2, 0.25) is 0 Å². The van der Waals surface area contributed by atoms with Crippen molar-refractivity contribution < 1.29 is 14.3 Å². The molecule has 0 aliphatic rings. The summed E-state index contributed by atoms with van der Waals surface area (Å²) in [5.74, 6) is 0.896. The lowest BCUT2D eigenvalue weighted by Gasteiger charge is -2.19. The minimum Gasteiger partial charge on any atom is -0.493 e. The summed E-state index contributed by atoms with van der Waals surface area (Å²) in [6.07, 6.45) is 0. The summed E-state index contributed by atoms with van der Waals surface area (Å²) in [6, 6.07) is 22.9. The fourth-order valence-corrected chi connectivity index (χ4v) is 2.75. The molecule has 0 atom stereocenters. The number of methoxy groups -OCH3 is 2. The molecule has 27 heavy (non-hydrogen) atoms. The zero-order chi connectivity index (χ0) is 19.2. The van der Waals surface area contributed by atoms with Crippen molar-refractivity contribution in [3.05, 3.63) is 78.4 Å². The Labute approximate surface area is 159 Å². The normalized spacial score (nSPS) is 10.2. The van der Waals surface area contributed by atoms with Gasteiger partial charge in [-0.25, -0.2) is 0 Å². The van der Waals surface area contributed by atoms with Gasteiger partial charge in [-0.1, -0.05) is 18.2 Å². The summed E-state index contributed by atoms with van der Waals surface area (Å²) in [5.41, 5.74) is 3.35. The third kappa shape index (κ3) is 4.20. The number of benzene rings is 3. The number of ether oxygens (including phenoxy) is 2. The Hall–Kier alpha value is -3.47. The number of para-hydroxylation sites is 1. The van der Waals surface area contributed by atoms with Crippen LogP contribution in [0.15, 0.2) is 72.8 Å². The second-order valence-corrected chi connectivity index (χ2v) is 5.97. The number of anilines is 3. The van der Waals surface area contributed by atoms with Gasteiger partial charge in [-0.2, -0.15) is 0 Å². The molecular weight excluding hydrogens is 340 g/mol. The molecule has 0 heterocycles. The molecule has 138 valence electrons. The molecule has 0 saturated heterocycles. The van der Waals surface area contributed by atoms with Gasteiger partial charge in [0.25, 0.3) is 5.91 Å². The van der Waals surface area contributed by atoms with Gasteiger partial charge in [0, 0.05) is 29.7 Å². The molecule has 3 rings (SSSR count). The van der Waals surface area contributed by atoms with Gasteiger partial charge in [0.15, 0.2) is 11.5 Å². The monoisotopic (exact) mass is 362 g/mol. The van der Waals surface area contributed by atoms with Crippen LogP contribution in [0.5, 0.6) is 11.5 Å². The predicted molar refractivity (Wildman–Crippen MR) is 108 cm³/mol. The summed E-state index contributed by atoms with van der Waals surface area (Å²) in [4.78, 5) is 14.6. The van der Waals surface area contributed by atoms with Crippen molar-refractivity contribution in [1.29, 1.82) is 0 Å². The van der Waals surface area contributed by atoms with E-state index >= 15 is 0 Å². The number of carbonyl (C=O) groups is 1. The largest absolute Gasteiger partial charge is 0.493 e. The second-order valence-electron chi connectivity index (χ2n) is 5.97. The maximum atomic E-state index is 12.5. The smallest absolute Gasteiger partial charge is 0.255 e. The van der Waals surface area contributed by atoms with Crippen molar-refractivity contribution >= 4 is 23.0 Å². The van der Waals surface area contributed by atoms with E-state index in [9.17, 15) is 4.79 Å². The van der Waals surface area contributed by atoms with Gasteiger partial charge in [0.2, 0.25) is 0 Å². The molecule has 3 aromatic carbocycles. The summed E-state index contributed by atoms with van der Waals surface area (Å²) in [7, 11) is 5.11. The molecule has 0 spiro atoms. The molecule has 0 bridgehead atoms. The van der Waals surface area contributed by atoms with Gasteiger partial charge >= 0.3 is 0 Å². The Morgan fingerprint density at radius 3 is 2.07 bits per heavy atom. The lowest BCUT2D eigenvalue weighted by molar-refractivity contribution is 0.102. The van der Waals surface area contributed by atoms with Gasteiger partial charge in [-0.15, -0.1) is 0 Å². The van der Waals surface area contributed by atoms with Gasteiger partial charge in [-0.05, 0) is 54.6 Å². The summed E-state index contributed by atoms with van der Waals surface area (Å²) >= 11 is 0. The number of carbonyl (C=O) groups excluding carboxylic acids is 1. The summed E-state index contributed by atoms with van der Waals surface area (Å²) in [5, 5.41) is 2.90. The van der Waals surface area contributed by atoms with Crippen LogP contribution in [-0.4, -0.2) is 27.2 Å². The quantitative estimate of drug-likeness (QED) is 0.689. The standard InChI is InChI=1S/C22H22N2O3/c1-24(18-7-5-4-6-8-18)19-12-10-17(11-13-19)23-22(25)16-9-14-20(26-2)21(15-16)27-3/h4-15H,1-3H3,(H,23,25). The van der Waals surface area contributed by atoms with Gasteiger partial charge in [-0.3, -0.25) is 4.79 Å². The number of nitrogens with zero attached hydrogens (tertiary/aromatic N) is 1. The average Bonchev–Trinajstić information content (AvgIpc) is 2.73. The topological polar surface area (TPSA) is 50.8 Å². The zero-order valence-electron chi connectivity index (χ0n) is 15.6. The number of nitrogens with one attached hydrogen (secondary N) is 1. The van der Waals surface area contributed by atoms with E-state index in [-0.39, 0.29) is 5.91 Å². The van der Waals surface area contributed by atoms with E-state index in [1.165, 1.54) is 0 Å². The minimum absolute atomic E-state index is 0.208. The van der Waals surface area contributed by atoms with Crippen LogP contribution >= 0.6 is 0 Å². The predicted octanol–water partition coefficient (Wildman–Crippen LogP) is 4.72. The lowest BCUT2D eigenvalue weighted by atomic mass is 10.1. The van der Waals surface area contributed by atoms with Gasteiger partial charge in [0.05, 0.1) is 14.2 Å². The fraction of sp³-hybridized carbons (Fsp3) is 0.136. The number of hydrogen-bond acceptors (Lipinski definition) is 4. The average molecular weight is 362 g/mol. The molecule has 0 radical (unpaired) electrons. The van der Waals surface area contributed by atoms with E-state index in [4.69, 9.17) is 9.47 Å². The summed E-state index contributed by atoms with van der Waals surface area (Å²) in [6.45, 7) is 0. The van der Waals surface area contributed by atoms with Gasteiger partial charge in [0.1, 0.15) is 0 Å². The van der Waals surface area contributed by atoms with E-state index < -0.39 is 0 Å². The molecule has 0 fully saturated rings. The van der Waals surface area contributed by atoms with Gasteiger partial charge < -0.3 is 19.7 Å². The molecule has 1 amide bonds. The fourth-order valence-electron chi connectivity index (χ4n) is 2.75. The highest BCUT2D eigenvalue weighted by Crippen LogP contribution is 2.28. The third-order valence-corrected chi connectivity index (χ3v) is 4.30. The highest BCUT2D eigenvalue weighted by atomic mass is 16.5. The Bertz CT molecular complexity index is 909. The molecule has 0 aliphatic heterocycles. The molecular formula is C22H22N2O3. The third-order valence-electron chi connectivity index (χ3n) is 4.30. The van der Waals surface area contributed by atoms with Crippen LogP contribution in [0, 0.1) is 0 Å². The highest BCUT2D eigenvalue weighted by molar-refractivity contribution is 6.04. The molecule has 1 N–H and O–H groups in total. The SMILES string of the molecule is COc1ccc(C(=O)Nc2ccc(N(C)c3ccccc3)cc2)cc1OC. The Balaban J connectivity index is 1.72. The van der Waals surface area contributed by atoms with Crippen molar-refractivity contribution in [3.63, 3.8) is 0 Å². The Morgan fingerprint density at radius 2 is 1.44 bits per heavy atom. The number of hydrogen-bond donors (Lipinski definition) is 1. The highest BCUT2D eigenvalue weighted by Gasteiger charge is 2.11. The van der Waals surface area contributed by atoms with E-state index in [2.05, 4.69) is 10.2 Å². The lowest BCUT2D eigenvalue weighted by Crippen LogP contribution is -2.13. The summed E-state index contributed by atoms with van der Waals surface area (Å²) < 4.78 is 10.5. The first-order valence-electron chi connectivity index (χ1n) is 8.54. The maximum absolute atomic E-state index is 12.5. The molecule has 0 unspecified atom stereocenters. The van der Waals surface area contributed by atoms with Crippen LogP contribution < -0.4 is 19.7 Å². The van der Waals surface area contributed by atoms with Crippen molar-refractivity contribution in [2.45, 2.75) is 0 Å². The molecule has 0 saturated carbocycles. The number of rotatable bonds is 6. The van der Waals surface area contributed by atoms with Crippen LogP contribution in [0.3, 0.4) is 0 Å². The van der Waals surface area contributed by atoms with Crippen LogP contribution in [0.25, 0.3) is 0 Å². The first-order valence-corrected chi connectivity index (χ1v) is 8.54. The zero-order valence-corrected chi connectivity index (χ0v) is 15.6. The van der Waals surface area contributed by atoms with E-state index in [1.54, 1.807) is 32.4 Å². The van der Waals surface area contributed by atoms with E-state index in [0.29, 0.717) is 17.1 Å². The number of amides is 1. The molecule has 0 aliphatic carbocycles. The Morgan fingerprint density at radius 1 is 0.815 bits per heavy atom.